The molecule has 3 aromatic rings. The van der Waals surface area contributed by atoms with E-state index in [0.29, 0.717) is 17.1 Å². The van der Waals surface area contributed by atoms with Gasteiger partial charge in [-0.25, -0.2) is 8.42 Å². The van der Waals surface area contributed by atoms with Crippen LogP contribution in [0.15, 0.2) is 64.2 Å². The van der Waals surface area contributed by atoms with E-state index in [9.17, 15) is 18.0 Å². The zero-order valence-corrected chi connectivity index (χ0v) is 18.9. The number of amides is 2. The number of benzene rings is 2. The number of ether oxygens (including phenoxy) is 2. The number of carbonyl (C=O) groups is 2. The highest BCUT2D eigenvalue weighted by atomic mass is 32.2. The van der Waals surface area contributed by atoms with E-state index in [4.69, 9.17) is 9.47 Å². The first-order valence-corrected chi connectivity index (χ1v) is 11.7. The molecule has 0 saturated carbocycles. The molecule has 0 spiro atoms. The standard InChI is InChI=1S/C21H21N3O6S2/c1-29-17-10-9-14(12-18(17)30-2)13-19(25)22-23-21(26)15-6-3-4-7-16(15)24-32(27,28)20-8-5-11-31-20/h3-12,24H,13H2,1-2H3,(H,22,25)(H,23,26). The summed E-state index contributed by atoms with van der Waals surface area (Å²) in [7, 11) is -0.827. The molecule has 1 aromatic heterocycles. The van der Waals surface area contributed by atoms with E-state index in [1.807, 2.05) is 0 Å². The molecule has 0 radical (unpaired) electrons. The van der Waals surface area contributed by atoms with Gasteiger partial charge in [-0.15, -0.1) is 11.3 Å². The van der Waals surface area contributed by atoms with Gasteiger partial charge in [-0.05, 0) is 41.3 Å². The maximum absolute atomic E-state index is 12.6. The lowest BCUT2D eigenvalue weighted by Crippen LogP contribution is -2.42. The van der Waals surface area contributed by atoms with Crippen LogP contribution in [-0.4, -0.2) is 34.5 Å². The van der Waals surface area contributed by atoms with Gasteiger partial charge in [0, 0.05) is 0 Å². The number of nitrogens with one attached hydrogen (secondary N) is 3. The van der Waals surface area contributed by atoms with Crippen LogP contribution in [0, 0.1) is 0 Å². The summed E-state index contributed by atoms with van der Waals surface area (Å²) in [6, 6.07) is 14.2. The number of sulfonamides is 1. The smallest absolute Gasteiger partial charge is 0.271 e. The third kappa shape index (κ3) is 5.56. The van der Waals surface area contributed by atoms with E-state index in [1.165, 1.54) is 32.4 Å². The topological polar surface area (TPSA) is 123 Å². The van der Waals surface area contributed by atoms with E-state index in [-0.39, 0.29) is 21.9 Å². The van der Waals surface area contributed by atoms with Crippen molar-refractivity contribution >= 4 is 38.9 Å². The summed E-state index contributed by atoms with van der Waals surface area (Å²) in [6.07, 6.45) is -0.0205. The summed E-state index contributed by atoms with van der Waals surface area (Å²) in [5.41, 5.74) is 5.43. The molecular weight excluding hydrogens is 454 g/mol. The predicted molar refractivity (Wildman–Crippen MR) is 120 cm³/mol. The number of anilines is 1. The summed E-state index contributed by atoms with van der Waals surface area (Å²) in [5, 5.41) is 1.64. The number of hydrazine groups is 1. The summed E-state index contributed by atoms with van der Waals surface area (Å²) in [4.78, 5) is 24.8. The SMILES string of the molecule is COc1ccc(CC(=O)NNC(=O)c2ccccc2NS(=O)(=O)c2cccs2)cc1OC. The highest BCUT2D eigenvalue weighted by Crippen LogP contribution is 2.27. The minimum Gasteiger partial charge on any atom is -0.493 e. The van der Waals surface area contributed by atoms with Crippen LogP contribution in [0.25, 0.3) is 0 Å². The van der Waals surface area contributed by atoms with Crippen molar-refractivity contribution in [1.29, 1.82) is 0 Å². The molecule has 1 heterocycles. The number of para-hydroxylation sites is 1. The molecule has 32 heavy (non-hydrogen) atoms. The predicted octanol–water partition coefficient (Wildman–Crippen LogP) is 2.57. The van der Waals surface area contributed by atoms with Crippen molar-refractivity contribution in [3.05, 3.63) is 71.1 Å². The molecule has 3 rings (SSSR count). The Labute approximate surface area is 189 Å². The fraction of sp³-hybridized carbons (Fsp3) is 0.143. The van der Waals surface area contributed by atoms with Crippen LogP contribution in [0.4, 0.5) is 5.69 Å². The third-order valence-corrected chi connectivity index (χ3v) is 7.07. The molecule has 0 unspecified atom stereocenters. The van der Waals surface area contributed by atoms with E-state index in [1.54, 1.807) is 41.8 Å². The lowest BCUT2D eigenvalue weighted by atomic mass is 10.1. The molecule has 2 amide bonds. The van der Waals surface area contributed by atoms with Gasteiger partial charge in [0.05, 0.1) is 31.9 Å². The lowest BCUT2D eigenvalue weighted by Gasteiger charge is -2.13. The minimum absolute atomic E-state index is 0.0205. The second kappa shape index (κ2) is 10.2. The summed E-state index contributed by atoms with van der Waals surface area (Å²) >= 11 is 1.06. The van der Waals surface area contributed by atoms with Crippen LogP contribution in [0.3, 0.4) is 0 Å². The molecule has 0 fully saturated rings. The van der Waals surface area contributed by atoms with Crippen LogP contribution in [0.2, 0.25) is 0 Å². The second-order valence-electron chi connectivity index (χ2n) is 6.45. The molecule has 168 valence electrons. The van der Waals surface area contributed by atoms with Crippen molar-refractivity contribution in [2.24, 2.45) is 0 Å². The van der Waals surface area contributed by atoms with Gasteiger partial charge in [-0.1, -0.05) is 24.3 Å². The Kier molecular flexibility index (Phi) is 7.33. The first-order valence-electron chi connectivity index (χ1n) is 9.29. The molecular formula is C21H21N3O6S2. The van der Waals surface area contributed by atoms with Crippen molar-refractivity contribution in [2.45, 2.75) is 10.6 Å². The summed E-state index contributed by atoms with van der Waals surface area (Å²) in [5.74, 6) is -0.127. The first-order chi connectivity index (χ1) is 15.3. The third-order valence-electron chi connectivity index (χ3n) is 4.30. The fourth-order valence-electron chi connectivity index (χ4n) is 2.80. The monoisotopic (exact) mass is 475 g/mol. The summed E-state index contributed by atoms with van der Waals surface area (Å²) < 4.78 is 37.9. The van der Waals surface area contributed by atoms with Crippen molar-refractivity contribution in [2.75, 3.05) is 18.9 Å². The molecule has 2 aromatic carbocycles. The van der Waals surface area contributed by atoms with Gasteiger partial charge in [0.15, 0.2) is 11.5 Å². The van der Waals surface area contributed by atoms with Gasteiger partial charge < -0.3 is 9.47 Å². The zero-order chi connectivity index (χ0) is 23.1. The highest BCUT2D eigenvalue weighted by Gasteiger charge is 2.19. The molecule has 0 aliphatic rings. The average molecular weight is 476 g/mol. The Hall–Kier alpha value is -3.57. The van der Waals surface area contributed by atoms with E-state index in [0.717, 1.165) is 11.3 Å². The molecule has 9 nitrogen and oxygen atoms in total. The van der Waals surface area contributed by atoms with Crippen LogP contribution in [0.1, 0.15) is 15.9 Å². The van der Waals surface area contributed by atoms with Crippen molar-refractivity contribution in [3.63, 3.8) is 0 Å². The Morgan fingerprint density at radius 3 is 2.38 bits per heavy atom. The molecule has 3 N–H and O–H groups in total. The van der Waals surface area contributed by atoms with Gasteiger partial charge in [0.25, 0.3) is 15.9 Å². The van der Waals surface area contributed by atoms with Crippen LogP contribution in [0.5, 0.6) is 11.5 Å². The average Bonchev–Trinajstić information content (AvgIpc) is 3.33. The molecule has 0 bridgehead atoms. The Balaban J connectivity index is 1.65. The van der Waals surface area contributed by atoms with Crippen LogP contribution < -0.4 is 25.0 Å². The molecule has 0 aliphatic heterocycles. The zero-order valence-electron chi connectivity index (χ0n) is 17.2. The number of hydrogen-bond acceptors (Lipinski definition) is 7. The van der Waals surface area contributed by atoms with E-state index >= 15 is 0 Å². The largest absolute Gasteiger partial charge is 0.493 e. The van der Waals surface area contributed by atoms with Gasteiger partial charge >= 0.3 is 0 Å². The van der Waals surface area contributed by atoms with Crippen molar-refractivity contribution < 1.29 is 27.5 Å². The minimum atomic E-state index is -3.83. The number of rotatable bonds is 8. The second-order valence-corrected chi connectivity index (χ2v) is 9.31. The van der Waals surface area contributed by atoms with Crippen molar-refractivity contribution in [3.8, 4) is 11.5 Å². The van der Waals surface area contributed by atoms with Crippen molar-refractivity contribution in [1.82, 2.24) is 10.9 Å². The quantitative estimate of drug-likeness (QED) is 0.431. The van der Waals surface area contributed by atoms with E-state index in [2.05, 4.69) is 15.6 Å². The van der Waals surface area contributed by atoms with Crippen LogP contribution >= 0.6 is 11.3 Å². The van der Waals surface area contributed by atoms with E-state index < -0.39 is 21.8 Å². The highest BCUT2D eigenvalue weighted by molar-refractivity contribution is 7.94. The molecule has 0 aliphatic carbocycles. The summed E-state index contributed by atoms with van der Waals surface area (Å²) in [6.45, 7) is 0. The van der Waals surface area contributed by atoms with Gasteiger partial charge in [-0.2, -0.15) is 0 Å². The van der Waals surface area contributed by atoms with Gasteiger partial charge in [0.2, 0.25) is 5.91 Å². The Bertz CT molecular complexity index is 1210. The number of thiophene rings is 1. The molecule has 0 saturated heterocycles. The Morgan fingerprint density at radius 2 is 1.69 bits per heavy atom. The van der Waals surface area contributed by atoms with Gasteiger partial charge in [-0.3, -0.25) is 25.2 Å². The number of methoxy groups -OCH3 is 2. The van der Waals surface area contributed by atoms with Crippen LogP contribution in [-0.2, 0) is 21.2 Å². The molecule has 0 atom stereocenters. The normalized spacial score (nSPS) is 10.8. The van der Waals surface area contributed by atoms with Gasteiger partial charge in [0.1, 0.15) is 4.21 Å². The maximum Gasteiger partial charge on any atom is 0.271 e. The number of hydrogen-bond donors (Lipinski definition) is 3. The fourth-order valence-corrected chi connectivity index (χ4v) is 4.87. The number of carbonyl (C=O) groups excluding carboxylic acids is 2. The lowest BCUT2D eigenvalue weighted by molar-refractivity contribution is -0.121. The molecule has 11 heteroatoms. The Morgan fingerprint density at radius 1 is 0.938 bits per heavy atom. The first kappa shape index (κ1) is 23.1. The maximum atomic E-state index is 12.6.